The van der Waals surface area contributed by atoms with Gasteiger partial charge in [0, 0.05) is 0 Å². The Morgan fingerprint density at radius 3 is 2.20 bits per heavy atom. The van der Waals surface area contributed by atoms with Gasteiger partial charge < -0.3 is 5.73 Å². The summed E-state index contributed by atoms with van der Waals surface area (Å²) in [5.74, 6) is -0.748. The van der Waals surface area contributed by atoms with Crippen LogP contribution in [0.3, 0.4) is 0 Å². The van der Waals surface area contributed by atoms with Gasteiger partial charge >= 0.3 is 0 Å². The van der Waals surface area contributed by atoms with Crippen molar-refractivity contribution in [1.29, 1.82) is 0 Å². The van der Waals surface area contributed by atoms with Crippen LogP contribution in [0.2, 0.25) is 0 Å². The largest absolute Gasteiger partial charge is 0.320 e. The third-order valence-electron chi connectivity index (χ3n) is 1.79. The van der Waals surface area contributed by atoms with Crippen molar-refractivity contribution in [3.8, 4) is 0 Å². The van der Waals surface area contributed by atoms with E-state index in [1.54, 1.807) is 0 Å². The molecular weight excluding hydrogens is 154 g/mol. The number of Topliss-reactive ketones (excluding diaryl/α,β-unsaturated/α-hetero) is 1. The van der Waals surface area contributed by atoms with E-state index < -0.39 is 21.1 Å². The lowest BCUT2D eigenvalue weighted by atomic mass is 10.2. The van der Waals surface area contributed by atoms with Crippen molar-refractivity contribution >= 4 is 15.6 Å². The lowest BCUT2D eigenvalue weighted by Gasteiger charge is -2.03. The average molecular weight is 163 g/mol. The zero-order chi connectivity index (χ0) is 7.94. The van der Waals surface area contributed by atoms with Crippen LogP contribution >= 0.6 is 0 Å². The topological polar surface area (TPSA) is 77.2 Å². The van der Waals surface area contributed by atoms with E-state index in [1.165, 1.54) is 6.92 Å². The van der Waals surface area contributed by atoms with Crippen LogP contribution in [0, 0.1) is 0 Å². The summed E-state index contributed by atoms with van der Waals surface area (Å²) in [5, 5.41) is -0.694. The number of ketones is 1. The van der Waals surface area contributed by atoms with Crippen LogP contribution in [0.4, 0.5) is 0 Å². The van der Waals surface area contributed by atoms with E-state index in [0.29, 0.717) is 0 Å². The van der Waals surface area contributed by atoms with Crippen molar-refractivity contribution in [2.24, 2.45) is 5.73 Å². The van der Waals surface area contributed by atoms with Gasteiger partial charge in [-0.2, -0.15) is 0 Å². The second kappa shape index (κ2) is 2.03. The van der Waals surface area contributed by atoms with Gasteiger partial charge in [-0.25, -0.2) is 8.42 Å². The number of hydrogen-bond donors (Lipinski definition) is 1. The van der Waals surface area contributed by atoms with Gasteiger partial charge in [0.15, 0.2) is 15.6 Å². The minimum absolute atomic E-state index is 0.368. The molecule has 0 aromatic rings. The Kier molecular flexibility index (Phi) is 1.56. The third kappa shape index (κ3) is 0.951. The molecule has 1 rings (SSSR count). The molecule has 2 N–H and O–H groups in total. The Hall–Kier alpha value is -0.420. The zero-order valence-corrected chi connectivity index (χ0v) is 6.39. The zero-order valence-electron chi connectivity index (χ0n) is 5.57. The Labute approximate surface area is 59.3 Å². The molecule has 0 aliphatic carbocycles. The molecule has 10 heavy (non-hydrogen) atoms. The van der Waals surface area contributed by atoms with E-state index in [9.17, 15) is 13.2 Å². The summed E-state index contributed by atoms with van der Waals surface area (Å²) in [6.45, 7) is 1.46. The lowest BCUT2D eigenvalue weighted by molar-refractivity contribution is -0.117. The molecule has 0 amide bonds. The van der Waals surface area contributed by atoms with Crippen molar-refractivity contribution in [1.82, 2.24) is 0 Å². The van der Waals surface area contributed by atoms with E-state index in [1.807, 2.05) is 0 Å². The smallest absolute Gasteiger partial charge is 0.165 e. The van der Waals surface area contributed by atoms with E-state index in [0.717, 1.165) is 0 Å². The SMILES string of the molecule is CC1C(N)C(=O)CS1(=O)=O. The van der Waals surface area contributed by atoms with Crippen LogP contribution < -0.4 is 5.73 Å². The van der Waals surface area contributed by atoms with Crippen molar-refractivity contribution in [2.45, 2.75) is 18.2 Å². The van der Waals surface area contributed by atoms with Crippen LogP contribution in [-0.2, 0) is 14.6 Å². The third-order valence-corrected chi connectivity index (χ3v) is 3.90. The predicted octanol–water partition coefficient (Wildman–Crippen LogP) is -1.30. The Balaban J connectivity index is 3.04. The van der Waals surface area contributed by atoms with E-state index >= 15 is 0 Å². The summed E-state index contributed by atoms with van der Waals surface area (Å²) < 4.78 is 21.8. The minimum atomic E-state index is -3.20. The molecule has 4 nitrogen and oxygen atoms in total. The van der Waals surface area contributed by atoms with E-state index in [-0.39, 0.29) is 11.5 Å². The number of carbonyl (C=O) groups excluding carboxylic acids is 1. The van der Waals surface area contributed by atoms with Gasteiger partial charge in [0.05, 0.1) is 11.3 Å². The quantitative estimate of drug-likeness (QED) is 0.481. The predicted molar refractivity (Wildman–Crippen MR) is 36.2 cm³/mol. The molecule has 2 unspecified atom stereocenters. The van der Waals surface area contributed by atoms with Crippen molar-refractivity contribution < 1.29 is 13.2 Å². The Morgan fingerprint density at radius 1 is 1.60 bits per heavy atom. The fourth-order valence-corrected chi connectivity index (χ4v) is 2.36. The maximum absolute atomic E-state index is 10.9. The normalized spacial score (nSPS) is 38.4. The van der Waals surface area contributed by atoms with Crippen molar-refractivity contribution in [3.05, 3.63) is 0 Å². The number of rotatable bonds is 0. The molecule has 58 valence electrons. The highest BCUT2D eigenvalue weighted by Crippen LogP contribution is 2.14. The maximum atomic E-state index is 10.9. The van der Waals surface area contributed by atoms with Gasteiger partial charge in [-0.05, 0) is 6.92 Å². The summed E-state index contributed by atoms with van der Waals surface area (Å²) in [5.41, 5.74) is 5.27. The number of sulfone groups is 1. The molecule has 1 heterocycles. The second-order valence-electron chi connectivity index (χ2n) is 2.50. The van der Waals surface area contributed by atoms with Gasteiger partial charge in [0.1, 0.15) is 5.75 Å². The highest BCUT2D eigenvalue weighted by Gasteiger charge is 2.40. The van der Waals surface area contributed by atoms with Gasteiger partial charge in [0.25, 0.3) is 0 Å². The molecule has 0 aromatic carbocycles. The molecule has 1 aliphatic heterocycles. The highest BCUT2D eigenvalue weighted by molar-refractivity contribution is 7.93. The van der Waals surface area contributed by atoms with Crippen LogP contribution in [-0.4, -0.2) is 31.2 Å². The number of hydrogen-bond acceptors (Lipinski definition) is 4. The summed E-state index contributed by atoms with van der Waals surface area (Å²) in [7, 11) is -3.20. The molecular formula is C5H9NO3S. The second-order valence-corrected chi connectivity index (χ2v) is 4.86. The molecule has 1 aliphatic rings. The summed E-state index contributed by atoms with van der Waals surface area (Å²) >= 11 is 0. The average Bonchev–Trinajstić information content (AvgIpc) is 1.95. The number of nitrogens with two attached hydrogens (primary N) is 1. The van der Waals surface area contributed by atoms with Gasteiger partial charge in [0.2, 0.25) is 0 Å². The summed E-state index contributed by atoms with van der Waals surface area (Å²) in [6.07, 6.45) is 0. The van der Waals surface area contributed by atoms with Crippen LogP contribution in [0.5, 0.6) is 0 Å². The van der Waals surface area contributed by atoms with Gasteiger partial charge in [-0.1, -0.05) is 0 Å². The fraction of sp³-hybridized carbons (Fsp3) is 0.800. The van der Waals surface area contributed by atoms with Crippen LogP contribution in [0.25, 0.3) is 0 Å². The first-order valence-electron chi connectivity index (χ1n) is 2.95. The maximum Gasteiger partial charge on any atom is 0.165 e. The van der Waals surface area contributed by atoms with Crippen LogP contribution in [0.15, 0.2) is 0 Å². The summed E-state index contributed by atoms with van der Waals surface area (Å²) in [6, 6.07) is -0.801. The molecule has 5 heteroatoms. The highest BCUT2D eigenvalue weighted by atomic mass is 32.2. The van der Waals surface area contributed by atoms with Gasteiger partial charge in [-0.15, -0.1) is 0 Å². The first-order chi connectivity index (χ1) is 4.45. The van der Waals surface area contributed by atoms with E-state index in [4.69, 9.17) is 5.73 Å². The summed E-state index contributed by atoms with van der Waals surface area (Å²) in [4.78, 5) is 10.7. The Morgan fingerprint density at radius 2 is 2.10 bits per heavy atom. The standard InChI is InChI=1S/C5H9NO3S/c1-3-5(6)4(7)2-10(3,8)9/h3,5H,2,6H2,1H3. The first kappa shape index (κ1) is 7.68. The van der Waals surface area contributed by atoms with Crippen molar-refractivity contribution in [3.63, 3.8) is 0 Å². The molecule has 1 saturated heterocycles. The van der Waals surface area contributed by atoms with Crippen LogP contribution in [0.1, 0.15) is 6.92 Å². The first-order valence-corrected chi connectivity index (χ1v) is 4.66. The molecule has 0 bridgehead atoms. The molecule has 2 atom stereocenters. The molecule has 0 aromatic heterocycles. The molecule has 1 fully saturated rings. The molecule has 0 saturated carbocycles. The minimum Gasteiger partial charge on any atom is -0.320 e. The lowest BCUT2D eigenvalue weighted by Crippen LogP contribution is -2.35. The monoisotopic (exact) mass is 163 g/mol. The Bertz CT molecular complexity index is 256. The molecule has 0 radical (unpaired) electrons. The van der Waals surface area contributed by atoms with E-state index in [2.05, 4.69) is 0 Å². The van der Waals surface area contributed by atoms with Crippen molar-refractivity contribution in [2.75, 3.05) is 5.75 Å². The molecule has 0 spiro atoms. The van der Waals surface area contributed by atoms with Gasteiger partial charge in [-0.3, -0.25) is 4.79 Å². The fourth-order valence-electron chi connectivity index (χ4n) is 0.911. The number of carbonyl (C=O) groups is 1.